The van der Waals surface area contributed by atoms with Gasteiger partial charge in [0.05, 0.1) is 5.69 Å². The Hall–Kier alpha value is -2.17. The van der Waals surface area contributed by atoms with Crippen molar-refractivity contribution >= 4 is 5.91 Å². The number of piperidine rings is 1. The Labute approximate surface area is 142 Å². The number of hydrogen-bond donors (Lipinski definition) is 0. The number of hydrogen-bond acceptors (Lipinski definition) is 3. The predicted octanol–water partition coefficient (Wildman–Crippen LogP) is 3.45. The number of aromatic nitrogens is 3. The Morgan fingerprint density at radius 2 is 1.67 bits per heavy atom. The minimum atomic E-state index is 0.158. The standard InChI is InChI=1S/C19H24N4O/c24-18(16-4-6-17(7-5-16)23-15-20-14-21-23)22-12-10-19(11-13-22)8-2-1-3-9-19/h4-7,14-15H,1-3,8-13H2. The monoisotopic (exact) mass is 324 g/mol. The highest BCUT2D eigenvalue weighted by Crippen LogP contribution is 2.44. The van der Waals surface area contributed by atoms with Crippen LogP contribution in [0.25, 0.3) is 5.69 Å². The van der Waals surface area contributed by atoms with Gasteiger partial charge in [0.15, 0.2) is 0 Å². The van der Waals surface area contributed by atoms with E-state index in [1.165, 1.54) is 51.3 Å². The maximum absolute atomic E-state index is 12.8. The summed E-state index contributed by atoms with van der Waals surface area (Å²) in [6.45, 7) is 1.81. The quantitative estimate of drug-likeness (QED) is 0.850. The Balaban J connectivity index is 1.41. The molecule has 1 saturated carbocycles. The van der Waals surface area contributed by atoms with Crippen LogP contribution in [-0.4, -0.2) is 38.7 Å². The van der Waals surface area contributed by atoms with Gasteiger partial charge in [-0.1, -0.05) is 19.3 Å². The molecule has 2 heterocycles. The third-order valence-corrected chi connectivity index (χ3v) is 5.82. The van der Waals surface area contributed by atoms with Crippen molar-refractivity contribution in [1.82, 2.24) is 19.7 Å². The number of rotatable bonds is 2. The van der Waals surface area contributed by atoms with Gasteiger partial charge >= 0.3 is 0 Å². The van der Waals surface area contributed by atoms with Gasteiger partial charge in [0.1, 0.15) is 12.7 Å². The normalized spacial score (nSPS) is 20.2. The van der Waals surface area contributed by atoms with E-state index in [0.29, 0.717) is 5.41 Å². The number of nitrogens with zero attached hydrogens (tertiary/aromatic N) is 4. The second kappa shape index (κ2) is 6.38. The van der Waals surface area contributed by atoms with E-state index < -0.39 is 0 Å². The average Bonchev–Trinajstić information content (AvgIpc) is 3.17. The molecule has 1 aromatic heterocycles. The molecule has 2 aliphatic rings. The zero-order valence-corrected chi connectivity index (χ0v) is 14.0. The maximum atomic E-state index is 12.8. The smallest absolute Gasteiger partial charge is 0.253 e. The van der Waals surface area contributed by atoms with E-state index >= 15 is 0 Å². The SMILES string of the molecule is O=C(c1ccc(-n2cncn2)cc1)N1CCC2(CCCCC2)CC1. The molecule has 1 spiro atoms. The van der Waals surface area contributed by atoms with Gasteiger partial charge in [-0.15, -0.1) is 0 Å². The van der Waals surface area contributed by atoms with E-state index in [0.717, 1.165) is 24.3 Å². The second-order valence-electron chi connectivity index (χ2n) is 7.24. The number of benzene rings is 1. The molecule has 2 fully saturated rings. The summed E-state index contributed by atoms with van der Waals surface area (Å²) in [5.41, 5.74) is 2.22. The molecule has 0 radical (unpaired) electrons. The van der Waals surface area contributed by atoms with Crippen LogP contribution in [0.2, 0.25) is 0 Å². The molecule has 1 amide bonds. The lowest BCUT2D eigenvalue weighted by atomic mass is 9.68. The zero-order chi connectivity index (χ0) is 16.4. The Kier molecular flexibility index (Phi) is 4.08. The van der Waals surface area contributed by atoms with Crippen LogP contribution in [0, 0.1) is 5.41 Å². The van der Waals surface area contributed by atoms with Crippen LogP contribution in [0.5, 0.6) is 0 Å². The molecular formula is C19H24N4O. The third-order valence-electron chi connectivity index (χ3n) is 5.82. The summed E-state index contributed by atoms with van der Waals surface area (Å²) in [6.07, 6.45) is 12.4. The molecule has 0 N–H and O–H groups in total. The summed E-state index contributed by atoms with van der Waals surface area (Å²) >= 11 is 0. The highest BCUT2D eigenvalue weighted by atomic mass is 16.2. The lowest BCUT2D eigenvalue weighted by molar-refractivity contribution is 0.0472. The Morgan fingerprint density at radius 1 is 0.958 bits per heavy atom. The van der Waals surface area contributed by atoms with E-state index in [9.17, 15) is 4.79 Å². The summed E-state index contributed by atoms with van der Waals surface area (Å²) in [6, 6.07) is 7.64. The van der Waals surface area contributed by atoms with Crippen molar-refractivity contribution in [1.29, 1.82) is 0 Å². The van der Waals surface area contributed by atoms with E-state index in [-0.39, 0.29) is 5.91 Å². The van der Waals surface area contributed by atoms with E-state index in [1.54, 1.807) is 11.0 Å². The van der Waals surface area contributed by atoms with Gasteiger partial charge in [-0.25, -0.2) is 9.67 Å². The van der Waals surface area contributed by atoms with Crippen LogP contribution in [0.15, 0.2) is 36.9 Å². The van der Waals surface area contributed by atoms with Crippen molar-refractivity contribution in [2.75, 3.05) is 13.1 Å². The molecule has 5 nitrogen and oxygen atoms in total. The summed E-state index contributed by atoms with van der Waals surface area (Å²) in [5, 5.41) is 4.11. The molecule has 5 heteroatoms. The van der Waals surface area contributed by atoms with Crippen LogP contribution in [0.3, 0.4) is 0 Å². The fourth-order valence-corrected chi connectivity index (χ4v) is 4.27. The molecular weight excluding hydrogens is 300 g/mol. The van der Waals surface area contributed by atoms with Gasteiger partial charge in [0, 0.05) is 18.7 Å². The second-order valence-corrected chi connectivity index (χ2v) is 7.24. The first-order chi connectivity index (χ1) is 11.8. The Morgan fingerprint density at radius 3 is 2.29 bits per heavy atom. The molecule has 0 atom stereocenters. The molecule has 24 heavy (non-hydrogen) atoms. The average molecular weight is 324 g/mol. The summed E-state index contributed by atoms with van der Waals surface area (Å²) in [4.78, 5) is 18.7. The van der Waals surface area contributed by atoms with Gasteiger partial charge in [0.25, 0.3) is 5.91 Å². The topological polar surface area (TPSA) is 51.0 Å². The van der Waals surface area contributed by atoms with Crippen LogP contribution in [0.4, 0.5) is 0 Å². The molecule has 1 aliphatic heterocycles. The maximum Gasteiger partial charge on any atom is 0.253 e. The van der Waals surface area contributed by atoms with Crippen molar-refractivity contribution in [2.45, 2.75) is 44.9 Å². The number of carbonyl (C=O) groups excluding carboxylic acids is 1. The van der Waals surface area contributed by atoms with E-state index in [4.69, 9.17) is 0 Å². The lowest BCUT2D eigenvalue weighted by Gasteiger charge is -2.44. The Bertz CT molecular complexity index is 677. The fourth-order valence-electron chi connectivity index (χ4n) is 4.27. The highest BCUT2D eigenvalue weighted by molar-refractivity contribution is 5.94. The molecule has 0 bridgehead atoms. The van der Waals surface area contributed by atoms with E-state index in [1.807, 2.05) is 29.2 Å². The number of carbonyl (C=O) groups is 1. The fraction of sp³-hybridized carbons (Fsp3) is 0.526. The number of likely N-dealkylation sites (tertiary alicyclic amines) is 1. The van der Waals surface area contributed by atoms with Gasteiger partial charge in [0.2, 0.25) is 0 Å². The largest absolute Gasteiger partial charge is 0.339 e. The minimum absolute atomic E-state index is 0.158. The first-order valence-electron chi connectivity index (χ1n) is 9.00. The van der Waals surface area contributed by atoms with Crippen LogP contribution < -0.4 is 0 Å². The summed E-state index contributed by atoms with van der Waals surface area (Å²) in [5.74, 6) is 0.158. The van der Waals surface area contributed by atoms with E-state index in [2.05, 4.69) is 10.1 Å². The van der Waals surface area contributed by atoms with Crippen molar-refractivity contribution < 1.29 is 4.79 Å². The number of amides is 1. The van der Waals surface area contributed by atoms with Crippen molar-refractivity contribution in [2.24, 2.45) is 5.41 Å². The predicted molar refractivity (Wildman–Crippen MR) is 92.0 cm³/mol. The molecule has 126 valence electrons. The van der Waals surface area contributed by atoms with Gasteiger partial charge < -0.3 is 4.90 Å². The molecule has 1 aliphatic carbocycles. The molecule has 4 rings (SSSR count). The van der Waals surface area contributed by atoms with Crippen molar-refractivity contribution in [3.05, 3.63) is 42.5 Å². The molecule has 0 unspecified atom stereocenters. The van der Waals surface area contributed by atoms with Crippen molar-refractivity contribution in [3.8, 4) is 5.69 Å². The highest BCUT2D eigenvalue weighted by Gasteiger charge is 2.36. The first-order valence-corrected chi connectivity index (χ1v) is 9.00. The van der Waals surface area contributed by atoms with Gasteiger partial charge in [-0.3, -0.25) is 4.79 Å². The molecule has 1 aromatic carbocycles. The summed E-state index contributed by atoms with van der Waals surface area (Å²) < 4.78 is 1.70. The van der Waals surface area contributed by atoms with Crippen LogP contribution in [0.1, 0.15) is 55.3 Å². The molecule has 1 saturated heterocycles. The van der Waals surface area contributed by atoms with Crippen LogP contribution in [-0.2, 0) is 0 Å². The minimum Gasteiger partial charge on any atom is -0.339 e. The zero-order valence-electron chi connectivity index (χ0n) is 14.0. The molecule has 2 aromatic rings. The van der Waals surface area contributed by atoms with Gasteiger partial charge in [-0.05, 0) is 55.4 Å². The van der Waals surface area contributed by atoms with Gasteiger partial charge in [-0.2, -0.15) is 5.10 Å². The third kappa shape index (κ3) is 2.95. The summed E-state index contributed by atoms with van der Waals surface area (Å²) in [7, 11) is 0. The van der Waals surface area contributed by atoms with Crippen molar-refractivity contribution in [3.63, 3.8) is 0 Å². The lowest BCUT2D eigenvalue weighted by Crippen LogP contribution is -2.43. The van der Waals surface area contributed by atoms with Crippen LogP contribution >= 0.6 is 0 Å². The first kappa shape index (κ1) is 15.4.